The van der Waals surface area contributed by atoms with Crippen LogP contribution in [-0.2, 0) is 33.8 Å². The van der Waals surface area contributed by atoms with Gasteiger partial charge in [0.2, 0.25) is 5.91 Å². The van der Waals surface area contributed by atoms with Crippen LogP contribution in [0.25, 0.3) is 0 Å². The largest absolute Gasteiger partial charge is 0.416 e. The molecule has 1 aliphatic rings. The summed E-state index contributed by atoms with van der Waals surface area (Å²) in [5.41, 5.74) is 11.1. The predicted octanol–water partition coefficient (Wildman–Crippen LogP) is 6.66. The van der Waals surface area contributed by atoms with Crippen molar-refractivity contribution in [2.75, 3.05) is 19.7 Å². The average molecular weight is 741 g/mol. The first-order valence-corrected chi connectivity index (χ1v) is 16.5. The number of benzene rings is 2. The number of primary amides is 1. The molecule has 7 N–H and O–H groups in total. The number of halogens is 8. The van der Waals surface area contributed by atoms with E-state index in [1.165, 1.54) is 0 Å². The normalized spacial score (nSPS) is 19.9. The smallest absolute Gasteiger partial charge is 0.393 e. The zero-order valence-electron chi connectivity index (χ0n) is 26.8. The van der Waals surface area contributed by atoms with Crippen molar-refractivity contribution in [2.45, 2.75) is 80.1 Å². The third-order valence-electron chi connectivity index (χ3n) is 8.64. The number of amides is 1. The van der Waals surface area contributed by atoms with Gasteiger partial charge in [-0.15, -0.1) is 23.2 Å². The number of nitrogens with two attached hydrogens (primary N) is 2. The van der Waals surface area contributed by atoms with Gasteiger partial charge >= 0.3 is 12.4 Å². The second kappa shape index (κ2) is 17.9. The lowest BCUT2D eigenvalue weighted by Gasteiger charge is -2.32. The van der Waals surface area contributed by atoms with E-state index in [0.717, 1.165) is 11.1 Å². The molecule has 16 heteroatoms. The minimum absolute atomic E-state index is 0.0766. The molecule has 0 saturated carbocycles. The van der Waals surface area contributed by atoms with Gasteiger partial charge in [-0.3, -0.25) is 4.79 Å². The molecule has 0 fully saturated rings. The number of carbonyl (C=O) groups is 1. The monoisotopic (exact) mass is 739 g/mol. The molecule has 0 aliphatic heterocycles. The van der Waals surface area contributed by atoms with Crippen LogP contribution in [0.4, 0.5) is 26.3 Å². The molecule has 5 atom stereocenters. The Balaban J connectivity index is 1.95. The summed E-state index contributed by atoms with van der Waals surface area (Å²) in [7, 11) is 0. The Hall–Kier alpha value is -2.88. The fourth-order valence-electron chi connectivity index (χ4n) is 5.80. The number of nitrogens with one attached hydrogen (secondary N) is 2. The molecule has 2 aromatic rings. The molecule has 1 amide bonds. The van der Waals surface area contributed by atoms with Crippen LogP contribution in [0.5, 0.6) is 0 Å². The van der Waals surface area contributed by atoms with Crippen LogP contribution in [-0.4, -0.2) is 53.4 Å². The highest BCUT2D eigenvalue weighted by atomic mass is 35.5. The third kappa shape index (κ3) is 11.3. The number of rotatable bonds is 17. The first-order chi connectivity index (χ1) is 23.0. The van der Waals surface area contributed by atoms with Gasteiger partial charge in [0.05, 0.1) is 33.0 Å². The van der Waals surface area contributed by atoms with Gasteiger partial charge in [0.15, 0.2) is 0 Å². The summed E-state index contributed by atoms with van der Waals surface area (Å²) in [4.78, 5) is 18.1. The van der Waals surface area contributed by atoms with Crippen LogP contribution >= 0.6 is 23.2 Å². The molecule has 2 aromatic carbocycles. The van der Waals surface area contributed by atoms with Gasteiger partial charge in [-0.1, -0.05) is 54.1 Å². The Morgan fingerprint density at radius 1 is 1.04 bits per heavy atom. The Labute approximate surface area is 291 Å². The summed E-state index contributed by atoms with van der Waals surface area (Å²) in [6, 6.07) is 10.5. The number of oxime groups is 1. The number of allylic oxidation sites excluding steroid dienone is 2. The third-order valence-corrected chi connectivity index (χ3v) is 9.71. The van der Waals surface area contributed by atoms with E-state index in [4.69, 9.17) is 44.7 Å². The fourth-order valence-corrected chi connectivity index (χ4v) is 6.26. The van der Waals surface area contributed by atoms with E-state index in [1.54, 1.807) is 5.48 Å². The fraction of sp³-hybridized carbons (Fsp3) is 0.515. The zero-order chi connectivity index (χ0) is 36.4. The van der Waals surface area contributed by atoms with Crippen LogP contribution in [0, 0.1) is 5.92 Å². The summed E-state index contributed by atoms with van der Waals surface area (Å²) in [6.07, 6.45) is -7.98. The molecule has 5 unspecified atom stereocenters. The molecule has 49 heavy (non-hydrogen) atoms. The number of hydrogen-bond acceptors (Lipinski definition) is 7. The Morgan fingerprint density at radius 3 is 2.20 bits per heavy atom. The van der Waals surface area contributed by atoms with E-state index in [2.05, 4.69) is 10.5 Å². The highest BCUT2D eigenvalue weighted by Crippen LogP contribution is 2.38. The van der Waals surface area contributed by atoms with Crippen molar-refractivity contribution >= 4 is 34.8 Å². The Morgan fingerprint density at radius 2 is 1.67 bits per heavy atom. The van der Waals surface area contributed by atoms with E-state index in [0.29, 0.717) is 50.1 Å². The standard InChI is InChI=1S/C33H41Cl2F6N5O3/c1-2-31(30(43)47,22-6-4-3-5-7-22)19-44-13-12-25(21-9-10-26(34)27(35)16-21)28(46-49-18-29(42)45-48)11-8-20-14-23(32(36,37)38)17-24(15-20)33(39,40)41/h3-7,9,14-15,17,25-27,29,44-45,48H,2,8,10-13,16,18-19,42H2,1H3,(H2,43,47)/b46-28+. The molecule has 0 spiro atoms. The second-order valence-corrected chi connectivity index (χ2v) is 13.1. The molecule has 8 nitrogen and oxygen atoms in total. The van der Waals surface area contributed by atoms with Crippen LogP contribution in [0.2, 0.25) is 0 Å². The topological polar surface area (TPSA) is 135 Å². The number of hydroxylamine groups is 1. The maximum Gasteiger partial charge on any atom is 0.416 e. The molecule has 0 heterocycles. The first kappa shape index (κ1) is 40.5. The number of carbonyl (C=O) groups excluding carboxylic acids is 1. The van der Waals surface area contributed by atoms with Crippen LogP contribution in [0.1, 0.15) is 61.3 Å². The Kier molecular flexibility index (Phi) is 14.8. The van der Waals surface area contributed by atoms with E-state index in [1.807, 2.05) is 43.3 Å². The van der Waals surface area contributed by atoms with Gasteiger partial charge < -0.3 is 26.8 Å². The predicted molar refractivity (Wildman–Crippen MR) is 176 cm³/mol. The molecular formula is C33H41Cl2F6N5O3. The van der Waals surface area contributed by atoms with Gasteiger partial charge in [0.1, 0.15) is 12.8 Å². The summed E-state index contributed by atoms with van der Waals surface area (Å²) < 4.78 is 81.4. The molecule has 0 radical (unpaired) electrons. The van der Waals surface area contributed by atoms with Crippen molar-refractivity contribution in [1.29, 1.82) is 0 Å². The highest BCUT2D eigenvalue weighted by molar-refractivity contribution is 6.30. The lowest BCUT2D eigenvalue weighted by atomic mass is 9.77. The van der Waals surface area contributed by atoms with Gasteiger partial charge in [-0.05, 0) is 74.4 Å². The van der Waals surface area contributed by atoms with E-state index in [-0.39, 0.29) is 43.0 Å². The average Bonchev–Trinajstić information content (AvgIpc) is 3.05. The molecule has 272 valence electrons. The van der Waals surface area contributed by atoms with Crippen molar-refractivity contribution in [3.05, 3.63) is 82.4 Å². The van der Waals surface area contributed by atoms with E-state index < -0.39 is 52.3 Å². The van der Waals surface area contributed by atoms with E-state index >= 15 is 0 Å². The quantitative estimate of drug-likeness (QED) is 0.0235. The van der Waals surface area contributed by atoms with Crippen molar-refractivity contribution in [3.8, 4) is 0 Å². The Bertz CT molecular complexity index is 1410. The highest BCUT2D eigenvalue weighted by Gasteiger charge is 2.38. The first-order valence-electron chi connectivity index (χ1n) is 15.7. The summed E-state index contributed by atoms with van der Waals surface area (Å²) in [6.45, 7) is 2.05. The van der Waals surface area contributed by atoms with Crippen molar-refractivity contribution in [2.24, 2.45) is 22.5 Å². The molecule has 0 bridgehead atoms. The van der Waals surface area contributed by atoms with Gasteiger partial charge in [0, 0.05) is 12.5 Å². The molecule has 1 aliphatic carbocycles. The SMILES string of the molecule is CCC(CNCCC(C1=CCC(Cl)C(Cl)C1)/C(CCc1cc(C(F)(F)F)cc(C(F)(F)F)c1)=N/OCC(N)NO)(C(N)=O)c1ccccc1. The number of hydrogen-bond donors (Lipinski definition) is 5. The number of alkyl halides is 8. The molecular weight excluding hydrogens is 699 g/mol. The number of aryl methyl sites for hydroxylation is 1. The lowest BCUT2D eigenvalue weighted by Crippen LogP contribution is -2.48. The van der Waals surface area contributed by atoms with Gasteiger partial charge in [-0.2, -0.15) is 31.8 Å². The van der Waals surface area contributed by atoms with Crippen molar-refractivity contribution in [1.82, 2.24) is 10.8 Å². The van der Waals surface area contributed by atoms with Crippen LogP contribution in [0.3, 0.4) is 0 Å². The minimum Gasteiger partial charge on any atom is -0.393 e. The van der Waals surface area contributed by atoms with Crippen molar-refractivity contribution < 1.29 is 41.2 Å². The summed E-state index contributed by atoms with van der Waals surface area (Å²) in [5, 5.41) is 15.8. The lowest BCUT2D eigenvalue weighted by molar-refractivity contribution is -0.143. The summed E-state index contributed by atoms with van der Waals surface area (Å²) >= 11 is 12.9. The van der Waals surface area contributed by atoms with Gasteiger partial charge in [0.25, 0.3) is 0 Å². The minimum atomic E-state index is -5.00. The maximum atomic E-state index is 13.6. The number of nitrogens with zero attached hydrogens (tertiary/aromatic N) is 1. The summed E-state index contributed by atoms with van der Waals surface area (Å²) in [5.74, 6) is -1.05. The molecule has 0 aromatic heterocycles. The maximum absolute atomic E-state index is 13.6. The second-order valence-electron chi connectivity index (χ2n) is 12.0. The van der Waals surface area contributed by atoms with Crippen LogP contribution in [0.15, 0.2) is 65.3 Å². The van der Waals surface area contributed by atoms with Crippen molar-refractivity contribution in [3.63, 3.8) is 0 Å². The van der Waals surface area contributed by atoms with E-state index in [9.17, 15) is 31.1 Å². The van der Waals surface area contributed by atoms with Crippen LogP contribution < -0.4 is 22.3 Å². The molecule has 0 saturated heterocycles. The molecule has 3 rings (SSSR count). The zero-order valence-corrected chi connectivity index (χ0v) is 28.3. The van der Waals surface area contributed by atoms with Gasteiger partial charge in [-0.25, -0.2) is 0 Å².